The molecule has 0 unspecified atom stereocenters. The highest BCUT2D eigenvalue weighted by molar-refractivity contribution is 5.98. The molecule has 0 aromatic heterocycles. The number of fused-ring (bicyclic) bond motifs is 1. The van der Waals surface area contributed by atoms with Gasteiger partial charge in [0.15, 0.2) is 0 Å². The Hall–Kier alpha value is -1.51. The summed E-state index contributed by atoms with van der Waals surface area (Å²) in [5.74, 6) is 0.126. The molecule has 1 aromatic rings. The summed E-state index contributed by atoms with van der Waals surface area (Å²) in [6, 6.07) is 6.36. The standard InChI is InChI=1S/C12H16N2O/c1-8(2)13-10-4-5-11-9(6-10)7-14(3)12(11)15/h4-6,8,13H,7H2,1-3H3. The predicted molar refractivity (Wildman–Crippen MR) is 61.0 cm³/mol. The lowest BCUT2D eigenvalue weighted by Crippen LogP contribution is -2.17. The molecule has 3 nitrogen and oxygen atoms in total. The number of benzene rings is 1. The summed E-state index contributed by atoms with van der Waals surface area (Å²) in [5, 5.41) is 3.33. The average Bonchev–Trinajstić information content (AvgIpc) is 2.41. The Labute approximate surface area is 90.1 Å². The van der Waals surface area contributed by atoms with E-state index in [2.05, 4.69) is 25.2 Å². The smallest absolute Gasteiger partial charge is 0.254 e. The van der Waals surface area contributed by atoms with Crippen molar-refractivity contribution < 1.29 is 4.79 Å². The minimum absolute atomic E-state index is 0.126. The topological polar surface area (TPSA) is 32.3 Å². The quantitative estimate of drug-likeness (QED) is 0.800. The first-order valence-corrected chi connectivity index (χ1v) is 5.23. The summed E-state index contributed by atoms with van der Waals surface area (Å²) in [7, 11) is 1.83. The first-order chi connectivity index (χ1) is 7.08. The molecule has 1 aliphatic heterocycles. The van der Waals surface area contributed by atoms with Gasteiger partial charge in [-0.3, -0.25) is 4.79 Å². The number of hydrogen-bond donors (Lipinski definition) is 1. The molecule has 0 bridgehead atoms. The molecule has 80 valence electrons. The fraction of sp³-hybridized carbons (Fsp3) is 0.417. The van der Waals surface area contributed by atoms with E-state index in [-0.39, 0.29) is 5.91 Å². The number of amides is 1. The second kappa shape index (κ2) is 3.57. The van der Waals surface area contributed by atoms with Gasteiger partial charge in [0, 0.05) is 30.9 Å². The molecule has 1 aliphatic rings. The van der Waals surface area contributed by atoms with Crippen LogP contribution in [0.15, 0.2) is 18.2 Å². The first-order valence-electron chi connectivity index (χ1n) is 5.23. The lowest BCUT2D eigenvalue weighted by atomic mass is 10.1. The molecule has 1 amide bonds. The lowest BCUT2D eigenvalue weighted by Gasteiger charge is -2.10. The molecular formula is C12H16N2O. The van der Waals surface area contributed by atoms with E-state index in [0.717, 1.165) is 23.4 Å². The molecule has 15 heavy (non-hydrogen) atoms. The van der Waals surface area contributed by atoms with Crippen molar-refractivity contribution in [1.82, 2.24) is 4.90 Å². The molecule has 1 N–H and O–H groups in total. The third kappa shape index (κ3) is 1.82. The third-order valence-corrected chi connectivity index (χ3v) is 2.55. The summed E-state index contributed by atoms with van der Waals surface area (Å²) in [5.41, 5.74) is 3.05. The average molecular weight is 204 g/mol. The minimum Gasteiger partial charge on any atom is -0.383 e. The Morgan fingerprint density at radius 1 is 1.40 bits per heavy atom. The zero-order chi connectivity index (χ0) is 11.0. The molecule has 0 aliphatic carbocycles. The number of nitrogens with one attached hydrogen (secondary N) is 1. The normalized spacial score (nSPS) is 14.7. The molecule has 0 radical (unpaired) electrons. The van der Waals surface area contributed by atoms with Crippen LogP contribution in [0.3, 0.4) is 0 Å². The fourth-order valence-corrected chi connectivity index (χ4v) is 1.89. The number of hydrogen-bond acceptors (Lipinski definition) is 2. The largest absolute Gasteiger partial charge is 0.383 e. The summed E-state index contributed by atoms with van der Waals surface area (Å²) in [6.07, 6.45) is 0. The van der Waals surface area contributed by atoms with Gasteiger partial charge in [-0.15, -0.1) is 0 Å². The Morgan fingerprint density at radius 3 is 2.80 bits per heavy atom. The van der Waals surface area contributed by atoms with Gasteiger partial charge in [0.25, 0.3) is 5.91 Å². The number of nitrogens with zero attached hydrogens (tertiary/aromatic N) is 1. The van der Waals surface area contributed by atoms with Crippen LogP contribution in [0.2, 0.25) is 0 Å². The van der Waals surface area contributed by atoms with Crippen molar-refractivity contribution in [3.8, 4) is 0 Å². The van der Waals surface area contributed by atoms with Crippen LogP contribution >= 0.6 is 0 Å². The molecule has 0 fully saturated rings. The van der Waals surface area contributed by atoms with Gasteiger partial charge in [-0.2, -0.15) is 0 Å². The van der Waals surface area contributed by atoms with Crippen LogP contribution in [-0.4, -0.2) is 23.9 Å². The summed E-state index contributed by atoms with van der Waals surface area (Å²) in [4.78, 5) is 13.4. The maximum absolute atomic E-state index is 11.6. The molecule has 0 atom stereocenters. The van der Waals surface area contributed by atoms with E-state index < -0.39 is 0 Å². The summed E-state index contributed by atoms with van der Waals surface area (Å²) < 4.78 is 0. The summed E-state index contributed by atoms with van der Waals surface area (Å²) >= 11 is 0. The van der Waals surface area contributed by atoms with E-state index in [1.54, 1.807) is 4.90 Å². The third-order valence-electron chi connectivity index (χ3n) is 2.55. The number of rotatable bonds is 2. The van der Waals surface area contributed by atoms with Crippen LogP contribution in [0, 0.1) is 0 Å². The van der Waals surface area contributed by atoms with Gasteiger partial charge in [-0.25, -0.2) is 0 Å². The number of carbonyl (C=O) groups excluding carboxylic acids is 1. The number of carbonyl (C=O) groups is 1. The molecule has 0 saturated heterocycles. The molecule has 1 heterocycles. The van der Waals surface area contributed by atoms with Crippen molar-refractivity contribution in [2.45, 2.75) is 26.4 Å². The van der Waals surface area contributed by atoms with Gasteiger partial charge in [0.05, 0.1) is 0 Å². The maximum atomic E-state index is 11.6. The maximum Gasteiger partial charge on any atom is 0.254 e. The van der Waals surface area contributed by atoms with E-state index in [9.17, 15) is 4.79 Å². The highest BCUT2D eigenvalue weighted by Gasteiger charge is 2.23. The van der Waals surface area contributed by atoms with E-state index in [0.29, 0.717) is 6.04 Å². The molecule has 2 rings (SSSR count). The monoisotopic (exact) mass is 204 g/mol. The van der Waals surface area contributed by atoms with E-state index in [1.807, 2.05) is 19.2 Å². The predicted octanol–water partition coefficient (Wildman–Crippen LogP) is 2.09. The molecule has 1 aromatic carbocycles. The fourth-order valence-electron chi connectivity index (χ4n) is 1.89. The van der Waals surface area contributed by atoms with Gasteiger partial charge < -0.3 is 10.2 Å². The molecule has 0 saturated carbocycles. The van der Waals surface area contributed by atoms with Crippen LogP contribution < -0.4 is 5.32 Å². The molecule has 0 spiro atoms. The van der Waals surface area contributed by atoms with Crippen LogP contribution in [-0.2, 0) is 6.54 Å². The van der Waals surface area contributed by atoms with Crippen molar-refractivity contribution in [3.05, 3.63) is 29.3 Å². The van der Waals surface area contributed by atoms with Gasteiger partial charge in [-0.1, -0.05) is 0 Å². The van der Waals surface area contributed by atoms with E-state index in [1.165, 1.54) is 0 Å². The first kappa shape index (κ1) is 10.0. The molecule has 3 heteroatoms. The van der Waals surface area contributed by atoms with Gasteiger partial charge in [-0.05, 0) is 37.6 Å². The van der Waals surface area contributed by atoms with Crippen molar-refractivity contribution in [3.63, 3.8) is 0 Å². The Balaban J connectivity index is 2.29. The van der Waals surface area contributed by atoms with E-state index >= 15 is 0 Å². The second-order valence-electron chi connectivity index (χ2n) is 4.33. The van der Waals surface area contributed by atoms with Crippen molar-refractivity contribution in [2.75, 3.05) is 12.4 Å². The Kier molecular flexibility index (Phi) is 2.39. The van der Waals surface area contributed by atoms with Gasteiger partial charge in [0.2, 0.25) is 0 Å². The number of anilines is 1. The van der Waals surface area contributed by atoms with Gasteiger partial charge >= 0.3 is 0 Å². The lowest BCUT2D eigenvalue weighted by molar-refractivity contribution is 0.0816. The van der Waals surface area contributed by atoms with Crippen molar-refractivity contribution >= 4 is 11.6 Å². The second-order valence-corrected chi connectivity index (χ2v) is 4.33. The Morgan fingerprint density at radius 2 is 2.13 bits per heavy atom. The summed E-state index contributed by atoms with van der Waals surface area (Å²) in [6.45, 7) is 4.93. The highest BCUT2D eigenvalue weighted by atomic mass is 16.2. The van der Waals surface area contributed by atoms with Crippen LogP contribution in [0.25, 0.3) is 0 Å². The van der Waals surface area contributed by atoms with Gasteiger partial charge in [0.1, 0.15) is 0 Å². The van der Waals surface area contributed by atoms with Crippen LogP contribution in [0.1, 0.15) is 29.8 Å². The van der Waals surface area contributed by atoms with Crippen LogP contribution in [0.4, 0.5) is 5.69 Å². The Bertz CT molecular complexity index is 399. The van der Waals surface area contributed by atoms with Crippen molar-refractivity contribution in [2.24, 2.45) is 0 Å². The van der Waals surface area contributed by atoms with E-state index in [4.69, 9.17) is 0 Å². The zero-order valence-corrected chi connectivity index (χ0v) is 9.37. The highest BCUT2D eigenvalue weighted by Crippen LogP contribution is 2.24. The van der Waals surface area contributed by atoms with Crippen molar-refractivity contribution in [1.29, 1.82) is 0 Å². The van der Waals surface area contributed by atoms with Crippen LogP contribution in [0.5, 0.6) is 0 Å². The molecular weight excluding hydrogens is 188 g/mol. The SMILES string of the molecule is CC(C)Nc1ccc2c(c1)CN(C)C2=O. The minimum atomic E-state index is 0.126. The zero-order valence-electron chi connectivity index (χ0n) is 9.37.